The molecule has 2 heteroatoms. The summed E-state index contributed by atoms with van der Waals surface area (Å²) in [4.78, 5) is 0. The lowest BCUT2D eigenvalue weighted by atomic mass is 9.95. The Balaban J connectivity index is 1.17. The molecule has 2 nitrogen and oxygen atoms in total. The van der Waals surface area contributed by atoms with E-state index in [9.17, 15) is 0 Å². The van der Waals surface area contributed by atoms with E-state index in [1.807, 2.05) is 24.3 Å². The fraction of sp³-hybridized carbons (Fsp3) is 0.294. The third kappa shape index (κ3) is 7.49. The number of anilines is 2. The Morgan fingerprint density at radius 2 is 0.806 bits per heavy atom. The molecule has 4 aromatic rings. The van der Waals surface area contributed by atoms with E-state index in [0.29, 0.717) is 0 Å². The highest BCUT2D eigenvalue weighted by Crippen LogP contribution is 2.20. The first-order chi connectivity index (χ1) is 17.5. The van der Waals surface area contributed by atoms with Gasteiger partial charge >= 0.3 is 0 Å². The van der Waals surface area contributed by atoms with Crippen LogP contribution in [0, 0.1) is 13.8 Å². The van der Waals surface area contributed by atoms with Gasteiger partial charge in [0.15, 0.2) is 0 Å². The minimum atomic E-state index is 0.823. The summed E-state index contributed by atoms with van der Waals surface area (Å²) in [6, 6.07) is 30.4. The number of rotatable bonds is 11. The summed E-state index contributed by atoms with van der Waals surface area (Å²) >= 11 is 0. The van der Waals surface area contributed by atoms with Crippen molar-refractivity contribution >= 4 is 11.4 Å². The van der Waals surface area contributed by atoms with E-state index in [2.05, 4.69) is 74.5 Å². The number of benzene rings is 4. The van der Waals surface area contributed by atoms with Crippen LogP contribution in [0.5, 0.6) is 0 Å². The average molecular weight is 477 g/mol. The van der Waals surface area contributed by atoms with E-state index in [1.165, 1.54) is 83.0 Å². The molecule has 0 amide bonds. The molecule has 0 aliphatic carbocycles. The Kier molecular flexibility index (Phi) is 8.84. The standard InChI is InChI=1S/C34H40N2/c1-25-21-29(23-27-11-17-33(35)18-12-27)9-15-31(25)7-5-3-4-6-8-32-16-10-30(22-26(32)2)24-28-13-19-34(36)20-14-28/h9-22H,3-8,23-24,35-36H2,1-2H3. The number of nitrogens with two attached hydrogens (primary N) is 2. The molecule has 36 heavy (non-hydrogen) atoms. The second-order valence-electron chi connectivity index (χ2n) is 10.3. The zero-order valence-electron chi connectivity index (χ0n) is 21.9. The molecule has 4 aromatic carbocycles. The third-order valence-corrected chi connectivity index (χ3v) is 7.23. The highest BCUT2D eigenvalue weighted by Gasteiger charge is 2.05. The van der Waals surface area contributed by atoms with Crippen molar-refractivity contribution in [3.8, 4) is 0 Å². The molecular formula is C34H40N2. The maximum absolute atomic E-state index is 5.81. The van der Waals surface area contributed by atoms with Gasteiger partial charge in [-0.25, -0.2) is 0 Å². The molecule has 0 radical (unpaired) electrons. The molecule has 4 N–H and O–H groups in total. The van der Waals surface area contributed by atoms with Crippen molar-refractivity contribution in [2.24, 2.45) is 0 Å². The number of hydrogen-bond acceptors (Lipinski definition) is 2. The van der Waals surface area contributed by atoms with Crippen LogP contribution < -0.4 is 11.5 Å². The second-order valence-corrected chi connectivity index (χ2v) is 10.3. The first-order valence-corrected chi connectivity index (χ1v) is 13.3. The third-order valence-electron chi connectivity index (χ3n) is 7.23. The van der Waals surface area contributed by atoms with Gasteiger partial charge < -0.3 is 11.5 Å². The fourth-order valence-corrected chi connectivity index (χ4v) is 5.02. The molecular weight excluding hydrogens is 436 g/mol. The van der Waals surface area contributed by atoms with Crippen molar-refractivity contribution < 1.29 is 0 Å². The molecule has 186 valence electrons. The summed E-state index contributed by atoms with van der Waals surface area (Å²) in [5, 5.41) is 0. The van der Waals surface area contributed by atoms with Crippen LogP contribution in [0.15, 0.2) is 84.9 Å². The first-order valence-electron chi connectivity index (χ1n) is 13.3. The van der Waals surface area contributed by atoms with E-state index >= 15 is 0 Å². The van der Waals surface area contributed by atoms with Gasteiger partial charge in [-0.15, -0.1) is 0 Å². The molecule has 0 fully saturated rings. The predicted molar refractivity (Wildman–Crippen MR) is 156 cm³/mol. The first kappa shape index (κ1) is 25.6. The van der Waals surface area contributed by atoms with Crippen molar-refractivity contribution in [2.75, 3.05) is 11.5 Å². The van der Waals surface area contributed by atoms with Crippen LogP contribution >= 0.6 is 0 Å². The summed E-state index contributed by atoms with van der Waals surface area (Å²) in [5.74, 6) is 0. The lowest BCUT2D eigenvalue weighted by Crippen LogP contribution is -1.96. The zero-order valence-corrected chi connectivity index (χ0v) is 21.9. The molecule has 0 unspecified atom stereocenters. The smallest absolute Gasteiger partial charge is 0.0314 e. The maximum Gasteiger partial charge on any atom is 0.0314 e. The lowest BCUT2D eigenvalue weighted by Gasteiger charge is -2.10. The van der Waals surface area contributed by atoms with E-state index in [4.69, 9.17) is 11.5 Å². The molecule has 0 saturated heterocycles. The molecule has 0 saturated carbocycles. The van der Waals surface area contributed by atoms with Gasteiger partial charge in [0.2, 0.25) is 0 Å². The Hall–Kier alpha value is -3.52. The maximum atomic E-state index is 5.81. The monoisotopic (exact) mass is 476 g/mol. The zero-order chi connectivity index (χ0) is 25.3. The number of unbranched alkanes of at least 4 members (excludes halogenated alkanes) is 3. The summed E-state index contributed by atoms with van der Waals surface area (Å²) in [6.45, 7) is 4.50. The van der Waals surface area contributed by atoms with Crippen LogP contribution in [-0.4, -0.2) is 0 Å². The number of hydrogen-bond donors (Lipinski definition) is 2. The van der Waals surface area contributed by atoms with Crippen LogP contribution in [-0.2, 0) is 25.7 Å². The van der Waals surface area contributed by atoms with Gasteiger partial charge in [-0.1, -0.05) is 73.5 Å². The van der Waals surface area contributed by atoms with Crippen molar-refractivity contribution in [3.63, 3.8) is 0 Å². The van der Waals surface area contributed by atoms with Gasteiger partial charge in [-0.2, -0.15) is 0 Å². The molecule has 0 heterocycles. The average Bonchev–Trinajstić information content (AvgIpc) is 2.86. The second kappa shape index (κ2) is 12.4. The molecule has 0 aromatic heterocycles. The summed E-state index contributed by atoms with van der Waals surface area (Å²) in [6.07, 6.45) is 9.38. The van der Waals surface area contributed by atoms with Crippen LogP contribution in [0.25, 0.3) is 0 Å². The number of nitrogen functional groups attached to an aromatic ring is 2. The van der Waals surface area contributed by atoms with Gasteiger partial charge in [0.05, 0.1) is 0 Å². The Morgan fingerprint density at radius 1 is 0.444 bits per heavy atom. The van der Waals surface area contributed by atoms with Gasteiger partial charge in [-0.3, -0.25) is 0 Å². The molecule has 0 aliphatic rings. The van der Waals surface area contributed by atoms with Crippen molar-refractivity contribution in [1.29, 1.82) is 0 Å². The van der Waals surface area contributed by atoms with Crippen LogP contribution in [0.4, 0.5) is 11.4 Å². The Morgan fingerprint density at radius 3 is 1.17 bits per heavy atom. The SMILES string of the molecule is Cc1cc(Cc2ccc(N)cc2)ccc1CCCCCCc1ccc(Cc2ccc(N)cc2)cc1C. The fourth-order valence-electron chi connectivity index (χ4n) is 5.02. The van der Waals surface area contributed by atoms with Crippen molar-refractivity contribution in [3.05, 3.63) is 129 Å². The summed E-state index contributed by atoms with van der Waals surface area (Å²) < 4.78 is 0. The van der Waals surface area contributed by atoms with Crippen molar-refractivity contribution in [2.45, 2.75) is 65.2 Å². The van der Waals surface area contributed by atoms with E-state index < -0.39 is 0 Å². The highest BCUT2D eigenvalue weighted by molar-refractivity contribution is 5.42. The summed E-state index contributed by atoms with van der Waals surface area (Å²) in [7, 11) is 0. The van der Waals surface area contributed by atoms with Gasteiger partial charge in [-0.05, 0) is 121 Å². The van der Waals surface area contributed by atoms with E-state index in [1.54, 1.807) is 0 Å². The minimum Gasteiger partial charge on any atom is -0.399 e. The largest absolute Gasteiger partial charge is 0.399 e. The van der Waals surface area contributed by atoms with Crippen molar-refractivity contribution in [1.82, 2.24) is 0 Å². The van der Waals surface area contributed by atoms with E-state index in [-0.39, 0.29) is 0 Å². The van der Waals surface area contributed by atoms with Crippen LogP contribution in [0.1, 0.15) is 70.2 Å². The quantitative estimate of drug-likeness (QED) is 0.170. The lowest BCUT2D eigenvalue weighted by molar-refractivity contribution is 0.638. The van der Waals surface area contributed by atoms with E-state index in [0.717, 1.165) is 24.2 Å². The predicted octanol–water partition coefficient (Wildman–Crippen LogP) is 8.00. The van der Waals surface area contributed by atoms with Crippen LogP contribution in [0.2, 0.25) is 0 Å². The Labute approximate surface area is 217 Å². The Bertz CT molecular complexity index is 1150. The van der Waals surface area contributed by atoms with Gasteiger partial charge in [0, 0.05) is 11.4 Å². The normalized spacial score (nSPS) is 11.1. The molecule has 0 bridgehead atoms. The minimum absolute atomic E-state index is 0.823. The molecule has 0 aliphatic heterocycles. The van der Waals surface area contributed by atoms with Crippen LogP contribution in [0.3, 0.4) is 0 Å². The summed E-state index contributed by atoms with van der Waals surface area (Å²) in [5.41, 5.74) is 24.4. The molecule has 0 atom stereocenters. The topological polar surface area (TPSA) is 52.0 Å². The van der Waals surface area contributed by atoms with Gasteiger partial charge in [0.25, 0.3) is 0 Å². The molecule has 0 spiro atoms. The van der Waals surface area contributed by atoms with Gasteiger partial charge in [0.1, 0.15) is 0 Å². The number of aryl methyl sites for hydroxylation is 4. The molecule has 4 rings (SSSR count). The highest BCUT2D eigenvalue weighted by atomic mass is 14.5.